The number of hydrogen-bond donors (Lipinski definition) is 2. The molecule has 0 aromatic heterocycles. The van der Waals surface area contributed by atoms with Crippen LogP contribution in [0.3, 0.4) is 0 Å². The average molecular weight is 143 g/mol. The summed E-state index contributed by atoms with van der Waals surface area (Å²) >= 11 is 0. The fraction of sp³-hybridized carbons (Fsp3) is 0.429. The SMILES string of the molecule is CC(CN)[SH]1C=CC=C1. The summed E-state index contributed by atoms with van der Waals surface area (Å²) in [7, 11) is 0.00746. The van der Waals surface area contributed by atoms with E-state index >= 15 is 0 Å². The van der Waals surface area contributed by atoms with E-state index in [0.29, 0.717) is 5.25 Å². The van der Waals surface area contributed by atoms with Crippen LogP contribution in [-0.4, -0.2) is 11.8 Å². The summed E-state index contributed by atoms with van der Waals surface area (Å²) in [5.41, 5.74) is 5.50. The molecule has 0 fully saturated rings. The van der Waals surface area contributed by atoms with Gasteiger partial charge in [0.25, 0.3) is 0 Å². The van der Waals surface area contributed by atoms with Gasteiger partial charge in [-0.2, -0.15) is 0 Å². The highest BCUT2D eigenvalue weighted by molar-refractivity contribution is 8.22. The molecule has 1 nitrogen and oxygen atoms in total. The van der Waals surface area contributed by atoms with Gasteiger partial charge in [0.05, 0.1) is 0 Å². The molecule has 0 saturated carbocycles. The smallest absolute Gasteiger partial charge is 0.00286 e. The second-order valence-electron chi connectivity index (χ2n) is 2.21. The van der Waals surface area contributed by atoms with Crippen LogP contribution in [0.15, 0.2) is 23.0 Å². The van der Waals surface area contributed by atoms with Gasteiger partial charge < -0.3 is 5.73 Å². The third-order valence-electron chi connectivity index (χ3n) is 1.48. The van der Waals surface area contributed by atoms with Gasteiger partial charge in [-0.15, -0.1) is 0 Å². The first-order valence-corrected chi connectivity index (χ1v) is 4.72. The van der Waals surface area contributed by atoms with Crippen molar-refractivity contribution in [1.29, 1.82) is 0 Å². The first kappa shape index (κ1) is 6.90. The van der Waals surface area contributed by atoms with Gasteiger partial charge in [0.2, 0.25) is 0 Å². The van der Waals surface area contributed by atoms with Crippen molar-refractivity contribution in [3.8, 4) is 0 Å². The lowest BCUT2D eigenvalue weighted by molar-refractivity contribution is 0.952. The summed E-state index contributed by atoms with van der Waals surface area (Å²) in [5, 5.41) is 5.18. The Morgan fingerprint density at radius 3 is 2.44 bits per heavy atom. The maximum atomic E-state index is 5.50. The summed E-state index contributed by atoms with van der Waals surface area (Å²) in [4.78, 5) is 0. The number of nitrogens with two attached hydrogens (primary N) is 1. The summed E-state index contributed by atoms with van der Waals surface area (Å²) < 4.78 is 0. The van der Waals surface area contributed by atoms with E-state index in [1.54, 1.807) is 0 Å². The molecule has 1 atom stereocenters. The van der Waals surface area contributed by atoms with Crippen LogP contribution < -0.4 is 5.73 Å². The van der Waals surface area contributed by atoms with Gasteiger partial charge in [-0.1, -0.05) is 19.1 Å². The lowest BCUT2D eigenvalue weighted by Gasteiger charge is -2.16. The predicted molar refractivity (Wildman–Crippen MR) is 45.8 cm³/mol. The Kier molecular flexibility index (Phi) is 2.37. The monoisotopic (exact) mass is 143 g/mol. The maximum Gasteiger partial charge on any atom is 0.00286 e. The van der Waals surface area contributed by atoms with Crippen LogP contribution in [0.1, 0.15) is 6.92 Å². The van der Waals surface area contributed by atoms with Gasteiger partial charge in [0.1, 0.15) is 0 Å². The average Bonchev–Trinajstić information content (AvgIpc) is 2.37. The Hall–Kier alpha value is -0.210. The van der Waals surface area contributed by atoms with Gasteiger partial charge in [-0.25, -0.2) is 10.9 Å². The van der Waals surface area contributed by atoms with Crippen LogP contribution in [-0.2, 0) is 0 Å². The first-order valence-electron chi connectivity index (χ1n) is 3.17. The number of allylic oxidation sites excluding steroid dienone is 2. The van der Waals surface area contributed by atoms with E-state index in [2.05, 4.69) is 29.9 Å². The van der Waals surface area contributed by atoms with E-state index in [-0.39, 0.29) is 10.9 Å². The topological polar surface area (TPSA) is 26.0 Å². The Morgan fingerprint density at radius 1 is 1.44 bits per heavy atom. The normalized spacial score (nSPS) is 23.1. The molecule has 0 spiro atoms. The first-order chi connectivity index (χ1) is 4.34. The molecule has 0 aliphatic carbocycles. The molecule has 0 saturated heterocycles. The van der Waals surface area contributed by atoms with Crippen LogP contribution in [0.4, 0.5) is 0 Å². The van der Waals surface area contributed by atoms with Crippen LogP contribution >= 0.6 is 10.9 Å². The van der Waals surface area contributed by atoms with Crippen LogP contribution in [0.2, 0.25) is 0 Å². The van der Waals surface area contributed by atoms with Crippen molar-refractivity contribution in [2.75, 3.05) is 6.54 Å². The van der Waals surface area contributed by atoms with E-state index in [4.69, 9.17) is 5.73 Å². The molecule has 0 aromatic carbocycles. The molecule has 52 valence electrons. The Bertz CT molecular complexity index is 128. The zero-order chi connectivity index (χ0) is 6.69. The van der Waals surface area contributed by atoms with E-state index in [0.717, 1.165) is 6.54 Å². The Labute approximate surface area is 59.0 Å². The van der Waals surface area contributed by atoms with Gasteiger partial charge >= 0.3 is 0 Å². The van der Waals surface area contributed by atoms with E-state index in [9.17, 15) is 0 Å². The fourth-order valence-corrected chi connectivity index (χ4v) is 2.29. The zero-order valence-electron chi connectivity index (χ0n) is 5.62. The van der Waals surface area contributed by atoms with Gasteiger partial charge in [0.15, 0.2) is 0 Å². The minimum absolute atomic E-state index is 0.00746. The summed E-state index contributed by atoms with van der Waals surface area (Å²) in [5.74, 6) is 0. The van der Waals surface area contributed by atoms with Crippen molar-refractivity contribution >= 4 is 10.9 Å². The van der Waals surface area contributed by atoms with E-state index < -0.39 is 0 Å². The summed E-state index contributed by atoms with van der Waals surface area (Å²) in [6.07, 6.45) is 4.22. The van der Waals surface area contributed by atoms with Crippen molar-refractivity contribution in [2.24, 2.45) is 5.73 Å². The largest absolute Gasteiger partial charge is 0.329 e. The number of rotatable bonds is 2. The minimum atomic E-state index is 0.00746. The van der Waals surface area contributed by atoms with E-state index in [1.807, 2.05) is 0 Å². The zero-order valence-corrected chi connectivity index (χ0v) is 6.51. The highest BCUT2D eigenvalue weighted by Crippen LogP contribution is 2.37. The Balaban J connectivity index is 2.43. The molecular weight excluding hydrogens is 130 g/mol. The summed E-state index contributed by atoms with van der Waals surface area (Å²) in [6, 6.07) is 0. The van der Waals surface area contributed by atoms with Crippen molar-refractivity contribution in [1.82, 2.24) is 0 Å². The molecule has 2 heteroatoms. The molecule has 0 amide bonds. The van der Waals surface area contributed by atoms with Crippen molar-refractivity contribution < 1.29 is 0 Å². The molecule has 1 heterocycles. The van der Waals surface area contributed by atoms with Crippen molar-refractivity contribution in [3.63, 3.8) is 0 Å². The molecule has 0 aromatic rings. The second-order valence-corrected chi connectivity index (χ2v) is 4.59. The lowest BCUT2D eigenvalue weighted by atomic mass is 10.5. The molecule has 2 N–H and O–H groups in total. The molecule has 1 aliphatic heterocycles. The highest BCUT2D eigenvalue weighted by atomic mass is 32.2. The maximum absolute atomic E-state index is 5.50. The lowest BCUT2D eigenvalue weighted by Crippen LogP contribution is -2.14. The molecule has 1 rings (SSSR count). The van der Waals surface area contributed by atoms with Crippen LogP contribution in [0.5, 0.6) is 0 Å². The van der Waals surface area contributed by atoms with Crippen LogP contribution in [0.25, 0.3) is 0 Å². The third kappa shape index (κ3) is 1.60. The molecule has 1 unspecified atom stereocenters. The number of thiol groups is 1. The fourth-order valence-electron chi connectivity index (χ4n) is 0.763. The molecule has 1 aliphatic rings. The molecular formula is C7H13NS. The van der Waals surface area contributed by atoms with Crippen molar-refractivity contribution in [3.05, 3.63) is 23.0 Å². The summed E-state index contributed by atoms with van der Waals surface area (Å²) in [6.45, 7) is 3.01. The van der Waals surface area contributed by atoms with Gasteiger partial charge in [0, 0.05) is 11.8 Å². The second kappa shape index (κ2) is 3.08. The molecule has 0 bridgehead atoms. The van der Waals surface area contributed by atoms with Crippen molar-refractivity contribution in [2.45, 2.75) is 12.2 Å². The van der Waals surface area contributed by atoms with E-state index in [1.165, 1.54) is 0 Å². The Morgan fingerprint density at radius 2 is 2.00 bits per heavy atom. The standard InChI is InChI=1S/C7H13NS/c1-7(6-8)9-4-2-3-5-9/h2-5,7,9H,6,8H2,1H3. The quantitative estimate of drug-likeness (QED) is 0.561. The van der Waals surface area contributed by atoms with Gasteiger partial charge in [-0.05, 0) is 10.8 Å². The molecule has 9 heavy (non-hydrogen) atoms. The predicted octanol–water partition coefficient (Wildman–Crippen LogP) is 1.38. The highest BCUT2D eigenvalue weighted by Gasteiger charge is 2.05. The molecule has 0 radical (unpaired) electrons. The minimum Gasteiger partial charge on any atom is -0.329 e. The third-order valence-corrected chi connectivity index (χ3v) is 3.74. The van der Waals surface area contributed by atoms with Crippen LogP contribution in [0, 0.1) is 0 Å². The van der Waals surface area contributed by atoms with Gasteiger partial charge in [-0.3, -0.25) is 0 Å². The number of hydrogen-bond acceptors (Lipinski definition) is 1.